The van der Waals surface area contributed by atoms with E-state index in [0.29, 0.717) is 29.6 Å². The van der Waals surface area contributed by atoms with Gasteiger partial charge in [0.1, 0.15) is 23.6 Å². The summed E-state index contributed by atoms with van der Waals surface area (Å²) in [6, 6.07) is 9.96. The van der Waals surface area contributed by atoms with Gasteiger partial charge in [-0.15, -0.1) is 10.2 Å². The van der Waals surface area contributed by atoms with Crippen LogP contribution < -0.4 is 11.1 Å². The molecule has 0 saturated heterocycles. The zero-order chi connectivity index (χ0) is 18.9. The molecule has 3 heterocycles. The van der Waals surface area contributed by atoms with Gasteiger partial charge in [-0.2, -0.15) is 0 Å². The van der Waals surface area contributed by atoms with Crippen LogP contribution in [0.5, 0.6) is 0 Å². The van der Waals surface area contributed by atoms with Gasteiger partial charge < -0.3 is 11.1 Å². The Morgan fingerprint density at radius 1 is 1.11 bits per heavy atom. The van der Waals surface area contributed by atoms with Crippen LogP contribution in [0.3, 0.4) is 0 Å². The van der Waals surface area contributed by atoms with Crippen molar-refractivity contribution in [2.75, 3.05) is 17.6 Å². The summed E-state index contributed by atoms with van der Waals surface area (Å²) in [6.07, 6.45) is 2.68. The number of alkyl halides is 1. The van der Waals surface area contributed by atoms with Crippen molar-refractivity contribution in [1.82, 2.24) is 20.2 Å². The zero-order valence-corrected chi connectivity index (χ0v) is 14.4. The van der Waals surface area contributed by atoms with Gasteiger partial charge >= 0.3 is 0 Å². The second kappa shape index (κ2) is 6.86. The average molecular weight is 368 g/mol. The molecule has 0 spiro atoms. The molecule has 1 aliphatic rings. The number of nitrogen functional groups attached to an aromatic ring is 1. The van der Waals surface area contributed by atoms with Crippen molar-refractivity contribution in [2.45, 2.75) is 24.4 Å². The summed E-state index contributed by atoms with van der Waals surface area (Å²) in [4.78, 5) is 8.18. The number of nitrogens with two attached hydrogens (primary N) is 1. The first-order chi connectivity index (χ1) is 13.1. The van der Waals surface area contributed by atoms with Crippen LogP contribution in [0, 0.1) is 5.82 Å². The minimum Gasteiger partial charge on any atom is -0.384 e. The van der Waals surface area contributed by atoms with Crippen LogP contribution in [0.15, 0.2) is 48.8 Å². The second-order valence-corrected chi connectivity index (χ2v) is 6.75. The van der Waals surface area contributed by atoms with Gasteiger partial charge in [0.2, 0.25) is 0 Å². The van der Waals surface area contributed by atoms with Crippen molar-refractivity contribution < 1.29 is 8.78 Å². The molecule has 8 heteroatoms. The van der Waals surface area contributed by atoms with Crippen LogP contribution in [0.2, 0.25) is 0 Å². The molecule has 1 aliphatic carbocycles. The summed E-state index contributed by atoms with van der Waals surface area (Å²) in [7, 11) is 0. The van der Waals surface area contributed by atoms with Crippen molar-refractivity contribution in [3.63, 3.8) is 0 Å². The second-order valence-electron chi connectivity index (χ2n) is 6.75. The first-order valence-electron chi connectivity index (χ1n) is 8.60. The Morgan fingerprint density at radius 2 is 1.96 bits per heavy atom. The highest BCUT2D eigenvalue weighted by Gasteiger charge is 2.48. The molecule has 0 bridgehead atoms. The normalized spacial score (nSPS) is 21.5. The number of nitrogens with zero attached hydrogens (tertiary/aromatic N) is 4. The topological polar surface area (TPSA) is 89.6 Å². The van der Waals surface area contributed by atoms with Crippen LogP contribution in [0.25, 0.3) is 11.3 Å². The quantitative estimate of drug-likeness (QED) is 0.719. The van der Waals surface area contributed by atoms with Crippen LogP contribution in [-0.4, -0.2) is 32.9 Å². The van der Waals surface area contributed by atoms with Gasteiger partial charge in [-0.1, -0.05) is 0 Å². The van der Waals surface area contributed by atoms with Gasteiger partial charge in [0.25, 0.3) is 0 Å². The van der Waals surface area contributed by atoms with E-state index >= 15 is 0 Å². The van der Waals surface area contributed by atoms with E-state index in [4.69, 9.17) is 5.73 Å². The van der Waals surface area contributed by atoms with E-state index in [1.807, 2.05) is 6.07 Å². The van der Waals surface area contributed by atoms with Gasteiger partial charge in [-0.3, -0.25) is 4.98 Å². The molecule has 138 valence electrons. The highest BCUT2D eigenvalue weighted by atomic mass is 19.1. The molecule has 0 atom stereocenters. The summed E-state index contributed by atoms with van der Waals surface area (Å²) < 4.78 is 27.8. The van der Waals surface area contributed by atoms with Crippen molar-refractivity contribution in [3.05, 3.63) is 60.3 Å². The summed E-state index contributed by atoms with van der Waals surface area (Å²) in [5.41, 5.74) is 6.66. The number of nitrogens with one attached hydrogen (secondary N) is 1. The SMILES string of the molecule is Nc1ccc(-c2ccc(NCC3(c4ncccc4F)CC(F)C3)nn2)cn1. The largest absolute Gasteiger partial charge is 0.384 e. The standard InChI is InChI=1S/C19H18F2N6/c20-13-8-19(9-13,18-14(21)2-1-7-23-18)11-25-17-6-4-15(26-27-17)12-3-5-16(22)24-10-12/h1-7,10,13H,8-9,11H2,(H2,22,24)(H,25,27). The Morgan fingerprint density at radius 3 is 2.59 bits per heavy atom. The third kappa shape index (κ3) is 3.42. The maximum atomic E-state index is 14.2. The van der Waals surface area contributed by atoms with Crippen LogP contribution >= 0.6 is 0 Å². The molecular formula is C19H18F2N6. The fraction of sp³-hybridized carbons (Fsp3) is 0.263. The Kier molecular flexibility index (Phi) is 4.39. The maximum absolute atomic E-state index is 14.2. The molecule has 4 rings (SSSR count). The summed E-state index contributed by atoms with van der Waals surface area (Å²) in [5.74, 6) is 0.548. The Balaban J connectivity index is 1.49. The maximum Gasteiger partial charge on any atom is 0.148 e. The summed E-state index contributed by atoms with van der Waals surface area (Å²) >= 11 is 0. The minimum absolute atomic E-state index is 0.233. The molecule has 3 aromatic rings. The zero-order valence-electron chi connectivity index (χ0n) is 14.4. The van der Waals surface area contributed by atoms with Crippen LogP contribution in [-0.2, 0) is 5.41 Å². The van der Waals surface area contributed by atoms with E-state index in [1.165, 1.54) is 18.3 Å². The molecule has 27 heavy (non-hydrogen) atoms. The number of halogens is 2. The van der Waals surface area contributed by atoms with Crippen molar-refractivity contribution in [3.8, 4) is 11.3 Å². The molecule has 0 aromatic carbocycles. The molecule has 3 N–H and O–H groups in total. The van der Waals surface area contributed by atoms with E-state index in [0.717, 1.165) is 5.56 Å². The highest BCUT2D eigenvalue weighted by molar-refractivity contribution is 5.59. The lowest BCUT2D eigenvalue weighted by atomic mass is 9.65. The fourth-order valence-electron chi connectivity index (χ4n) is 3.38. The number of rotatable bonds is 5. The van der Waals surface area contributed by atoms with Crippen LogP contribution in [0.4, 0.5) is 20.4 Å². The van der Waals surface area contributed by atoms with Gasteiger partial charge in [0.15, 0.2) is 0 Å². The molecule has 3 aromatic heterocycles. The first-order valence-corrected chi connectivity index (χ1v) is 8.60. The molecular weight excluding hydrogens is 350 g/mol. The smallest absolute Gasteiger partial charge is 0.148 e. The number of pyridine rings is 2. The number of hydrogen-bond donors (Lipinski definition) is 2. The highest BCUT2D eigenvalue weighted by Crippen LogP contribution is 2.45. The number of hydrogen-bond acceptors (Lipinski definition) is 6. The lowest BCUT2D eigenvalue weighted by Crippen LogP contribution is -2.49. The van der Waals surface area contributed by atoms with E-state index in [2.05, 4.69) is 25.5 Å². The van der Waals surface area contributed by atoms with Crippen LogP contribution in [0.1, 0.15) is 18.5 Å². The lowest BCUT2D eigenvalue weighted by molar-refractivity contribution is 0.0964. The number of anilines is 2. The molecule has 6 nitrogen and oxygen atoms in total. The fourth-order valence-corrected chi connectivity index (χ4v) is 3.38. The summed E-state index contributed by atoms with van der Waals surface area (Å²) in [5, 5.41) is 11.5. The third-order valence-corrected chi connectivity index (χ3v) is 4.84. The van der Waals surface area contributed by atoms with E-state index in [-0.39, 0.29) is 12.8 Å². The predicted molar refractivity (Wildman–Crippen MR) is 98.2 cm³/mol. The molecule has 1 saturated carbocycles. The molecule has 0 aliphatic heterocycles. The predicted octanol–water partition coefficient (Wildman–Crippen LogP) is 3.14. The Bertz CT molecular complexity index is 924. The van der Waals surface area contributed by atoms with Crippen molar-refractivity contribution >= 4 is 11.6 Å². The average Bonchev–Trinajstić information content (AvgIpc) is 2.66. The van der Waals surface area contributed by atoms with E-state index in [1.54, 1.807) is 24.4 Å². The van der Waals surface area contributed by atoms with Crippen molar-refractivity contribution in [1.29, 1.82) is 0 Å². The van der Waals surface area contributed by atoms with E-state index < -0.39 is 17.4 Å². The van der Waals surface area contributed by atoms with Gasteiger partial charge in [0, 0.05) is 29.9 Å². The summed E-state index contributed by atoms with van der Waals surface area (Å²) in [6.45, 7) is 0.332. The lowest BCUT2D eigenvalue weighted by Gasteiger charge is -2.43. The molecule has 0 amide bonds. The van der Waals surface area contributed by atoms with Gasteiger partial charge in [0.05, 0.1) is 11.4 Å². The van der Waals surface area contributed by atoms with Gasteiger partial charge in [-0.05, 0) is 49.2 Å². The first kappa shape index (κ1) is 17.3. The minimum atomic E-state index is -0.945. The van der Waals surface area contributed by atoms with Crippen molar-refractivity contribution in [2.24, 2.45) is 0 Å². The number of aromatic nitrogens is 4. The third-order valence-electron chi connectivity index (χ3n) is 4.84. The Hall–Kier alpha value is -3.16. The van der Waals surface area contributed by atoms with E-state index in [9.17, 15) is 8.78 Å². The monoisotopic (exact) mass is 368 g/mol. The molecule has 1 fully saturated rings. The Labute approximate surface area is 154 Å². The van der Waals surface area contributed by atoms with Gasteiger partial charge in [-0.25, -0.2) is 13.8 Å². The molecule has 0 radical (unpaired) electrons. The molecule has 0 unspecified atom stereocenters.